The van der Waals surface area contributed by atoms with Crippen LogP contribution in [0, 0.1) is 5.82 Å². The van der Waals surface area contributed by atoms with Crippen LogP contribution >= 0.6 is 0 Å². The molecule has 3 nitrogen and oxygen atoms in total. The Morgan fingerprint density at radius 1 is 0.955 bits per heavy atom. The number of carbonyl (C=O) groups is 2. The van der Waals surface area contributed by atoms with E-state index in [1.165, 1.54) is 26.0 Å². The van der Waals surface area contributed by atoms with Crippen molar-refractivity contribution in [2.45, 2.75) is 33.6 Å². The third-order valence-electron chi connectivity index (χ3n) is 4.33. The van der Waals surface area contributed by atoms with E-state index in [1.54, 1.807) is 12.1 Å². The summed E-state index contributed by atoms with van der Waals surface area (Å²) in [7, 11) is 1.84. The minimum Gasteiger partial charge on any atom is -0.351 e. The Bertz CT molecular complexity index is 660. The zero-order valence-corrected chi connectivity index (χ0v) is 13.5. The first-order valence-corrected chi connectivity index (χ1v) is 7.18. The lowest BCUT2D eigenvalue weighted by molar-refractivity contribution is -0.114. The summed E-state index contributed by atoms with van der Waals surface area (Å²) >= 11 is 0. The van der Waals surface area contributed by atoms with E-state index in [4.69, 9.17) is 0 Å². The zero-order chi connectivity index (χ0) is 16.6. The summed E-state index contributed by atoms with van der Waals surface area (Å²) < 4.78 is 13.2. The minimum absolute atomic E-state index is 0.0788. The van der Waals surface area contributed by atoms with Crippen LogP contribution in [0.15, 0.2) is 46.8 Å². The number of hydrogen-bond acceptors (Lipinski definition) is 3. The number of Topliss-reactive ketones (excluding diaryl/α,β-unsaturated/α-hetero) is 2. The number of benzene rings is 1. The fourth-order valence-corrected chi connectivity index (χ4v) is 3.08. The number of rotatable bonds is 3. The Morgan fingerprint density at radius 2 is 1.36 bits per heavy atom. The number of nitrogens with zero attached hydrogens (tertiary/aromatic N) is 1. The molecule has 0 amide bonds. The number of halogens is 1. The normalized spacial score (nSPS) is 16.4. The molecule has 0 spiro atoms. The van der Waals surface area contributed by atoms with Gasteiger partial charge in [0, 0.05) is 35.5 Å². The van der Waals surface area contributed by atoms with Gasteiger partial charge in [-0.1, -0.05) is 12.1 Å². The van der Waals surface area contributed by atoms with Crippen molar-refractivity contribution in [3.05, 3.63) is 58.2 Å². The van der Waals surface area contributed by atoms with Gasteiger partial charge in [-0.3, -0.25) is 9.59 Å². The smallest absolute Gasteiger partial charge is 0.158 e. The molecule has 1 aromatic carbocycles. The summed E-state index contributed by atoms with van der Waals surface area (Å²) in [5.74, 6) is -0.937. The predicted molar refractivity (Wildman–Crippen MR) is 83.7 cm³/mol. The number of ketones is 2. The first-order chi connectivity index (χ1) is 10.3. The Labute approximate surface area is 130 Å². The van der Waals surface area contributed by atoms with Crippen LogP contribution in [0.25, 0.3) is 0 Å². The average Bonchev–Trinajstić information content (AvgIpc) is 2.44. The third-order valence-corrected chi connectivity index (χ3v) is 4.33. The maximum atomic E-state index is 13.2. The van der Waals surface area contributed by atoms with Crippen LogP contribution < -0.4 is 0 Å². The van der Waals surface area contributed by atoms with E-state index in [0.29, 0.717) is 11.1 Å². The molecule has 0 fully saturated rings. The van der Waals surface area contributed by atoms with Gasteiger partial charge in [-0.25, -0.2) is 4.39 Å². The number of carbonyl (C=O) groups excluding carboxylic acids is 2. The van der Waals surface area contributed by atoms with Crippen molar-refractivity contribution in [2.75, 3.05) is 7.05 Å². The molecule has 0 N–H and O–H groups in total. The molecule has 0 bridgehead atoms. The van der Waals surface area contributed by atoms with E-state index in [0.717, 1.165) is 17.0 Å². The van der Waals surface area contributed by atoms with Crippen LogP contribution in [0.4, 0.5) is 4.39 Å². The van der Waals surface area contributed by atoms with E-state index in [1.807, 2.05) is 25.8 Å². The van der Waals surface area contributed by atoms with Crippen molar-refractivity contribution < 1.29 is 14.0 Å². The molecule has 22 heavy (non-hydrogen) atoms. The van der Waals surface area contributed by atoms with Gasteiger partial charge in [-0.05, 0) is 45.4 Å². The molecule has 0 saturated carbocycles. The molecule has 0 atom stereocenters. The minimum atomic E-state index is -0.438. The fraction of sp³-hybridized carbons (Fsp3) is 0.333. The lowest BCUT2D eigenvalue weighted by atomic mass is 9.77. The Morgan fingerprint density at radius 3 is 1.73 bits per heavy atom. The van der Waals surface area contributed by atoms with Crippen LogP contribution in [0.3, 0.4) is 0 Å². The summed E-state index contributed by atoms with van der Waals surface area (Å²) in [5, 5.41) is 0. The second-order valence-electron chi connectivity index (χ2n) is 5.65. The first kappa shape index (κ1) is 16.1. The van der Waals surface area contributed by atoms with Gasteiger partial charge >= 0.3 is 0 Å². The highest BCUT2D eigenvalue weighted by atomic mass is 19.1. The summed E-state index contributed by atoms with van der Waals surface area (Å²) in [6.07, 6.45) is 0. The van der Waals surface area contributed by atoms with E-state index in [-0.39, 0.29) is 17.4 Å². The summed E-state index contributed by atoms with van der Waals surface area (Å²) in [5.41, 5.74) is 3.58. The molecule has 2 rings (SSSR count). The first-order valence-electron chi connectivity index (χ1n) is 7.18. The average molecular weight is 301 g/mol. The van der Waals surface area contributed by atoms with E-state index >= 15 is 0 Å². The molecule has 1 aliphatic heterocycles. The van der Waals surface area contributed by atoms with Crippen molar-refractivity contribution >= 4 is 11.6 Å². The Kier molecular flexibility index (Phi) is 4.31. The molecule has 1 aromatic rings. The molecule has 0 radical (unpaired) electrons. The van der Waals surface area contributed by atoms with Crippen molar-refractivity contribution in [3.8, 4) is 0 Å². The molecule has 4 heteroatoms. The lowest BCUT2D eigenvalue weighted by Gasteiger charge is -2.36. The molecule has 0 aliphatic carbocycles. The van der Waals surface area contributed by atoms with Crippen LogP contribution in [-0.4, -0.2) is 23.5 Å². The molecule has 116 valence electrons. The standard InChI is InChI=1S/C18H20FNO2/c1-10-16(12(3)21)18(14-6-8-15(19)9-7-14)17(13(4)22)11(2)20(10)5/h6-9,18H,1-5H3. The molecule has 0 unspecified atom stereocenters. The van der Waals surface area contributed by atoms with E-state index in [2.05, 4.69) is 0 Å². The van der Waals surface area contributed by atoms with E-state index < -0.39 is 5.92 Å². The predicted octanol–water partition coefficient (Wildman–Crippen LogP) is 3.58. The maximum absolute atomic E-state index is 13.2. The summed E-state index contributed by atoms with van der Waals surface area (Å²) in [6.45, 7) is 6.74. The van der Waals surface area contributed by atoms with Crippen LogP contribution in [0.5, 0.6) is 0 Å². The van der Waals surface area contributed by atoms with Gasteiger partial charge in [0.1, 0.15) is 5.82 Å². The largest absolute Gasteiger partial charge is 0.351 e. The monoisotopic (exact) mass is 301 g/mol. The highest BCUT2D eigenvalue weighted by molar-refractivity contribution is 6.03. The molecular weight excluding hydrogens is 281 g/mol. The number of allylic oxidation sites excluding steroid dienone is 4. The quantitative estimate of drug-likeness (QED) is 0.856. The van der Waals surface area contributed by atoms with Gasteiger partial charge in [0.15, 0.2) is 11.6 Å². The zero-order valence-electron chi connectivity index (χ0n) is 13.5. The second kappa shape index (κ2) is 5.87. The summed E-state index contributed by atoms with van der Waals surface area (Å²) in [6, 6.07) is 5.98. The molecule has 0 saturated heterocycles. The van der Waals surface area contributed by atoms with Crippen molar-refractivity contribution in [2.24, 2.45) is 0 Å². The topological polar surface area (TPSA) is 37.4 Å². The fourth-order valence-electron chi connectivity index (χ4n) is 3.08. The third kappa shape index (κ3) is 2.61. The lowest BCUT2D eigenvalue weighted by Crippen LogP contribution is -2.31. The Balaban J connectivity index is 2.74. The van der Waals surface area contributed by atoms with E-state index in [9.17, 15) is 14.0 Å². The highest BCUT2D eigenvalue weighted by Crippen LogP contribution is 2.41. The van der Waals surface area contributed by atoms with Gasteiger partial charge in [0.05, 0.1) is 0 Å². The van der Waals surface area contributed by atoms with Gasteiger partial charge in [0.2, 0.25) is 0 Å². The van der Waals surface area contributed by atoms with Gasteiger partial charge in [0.25, 0.3) is 0 Å². The van der Waals surface area contributed by atoms with Crippen molar-refractivity contribution in [1.82, 2.24) is 4.90 Å². The van der Waals surface area contributed by atoms with Crippen molar-refractivity contribution in [3.63, 3.8) is 0 Å². The molecule has 1 aliphatic rings. The van der Waals surface area contributed by atoms with Gasteiger partial charge in [-0.15, -0.1) is 0 Å². The second-order valence-corrected chi connectivity index (χ2v) is 5.65. The van der Waals surface area contributed by atoms with Gasteiger partial charge in [-0.2, -0.15) is 0 Å². The van der Waals surface area contributed by atoms with Crippen LogP contribution in [0.2, 0.25) is 0 Å². The molecular formula is C18H20FNO2. The van der Waals surface area contributed by atoms with Gasteiger partial charge < -0.3 is 4.90 Å². The van der Waals surface area contributed by atoms with Crippen LogP contribution in [0.1, 0.15) is 39.2 Å². The maximum Gasteiger partial charge on any atom is 0.158 e. The molecule has 1 heterocycles. The summed E-state index contributed by atoms with van der Waals surface area (Å²) in [4.78, 5) is 26.2. The Hall–Kier alpha value is -2.23. The molecule has 0 aromatic heterocycles. The number of hydrogen-bond donors (Lipinski definition) is 0. The van der Waals surface area contributed by atoms with Crippen LogP contribution in [-0.2, 0) is 9.59 Å². The highest BCUT2D eigenvalue weighted by Gasteiger charge is 2.35. The SMILES string of the molecule is CC(=O)C1=C(C)N(C)C(C)=C(C(C)=O)C1c1ccc(F)cc1. The van der Waals surface area contributed by atoms with Crippen molar-refractivity contribution in [1.29, 1.82) is 0 Å².